The van der Waals surface area contributed by atoms with E-state index >= 15 is 0 Å². The van der Waals surface area contributed by atoms with Crippen molar-refractivity contribution in [3.8, 4) is 0 Å². The van der Waals surface area contributed by atoms with Crippen molar-refractivity contribution in [1.29, 1.82) is 0 Å². The number of rotatable bonds is 2. The zero-order valence-electron chi connectivity index (χ0n) is 8.55. The first kappa shape index (κ1) is 12.8. The summed E-state index contributed by atoms with van der Waals surface area (Å²) in [4.78, 5) is 1.29. The van der Waals surface area contributed by atoms with Gasteiger partial charge in [-0.1, -0.05) is 23.9 Å². The highest BCUT2D eigenvalue weighted by molar-refractivity contribution is 7.99. The minimum absolute atomic E-state index is 0.152. The minimum Gasteiger partial charge on any atom is -0.206 e. The summed E-state index contributed by atoms with van der Waals surface area (Å²) in [5.74, 6) is -7.59. The normalized spacial score (nSPS) is 10.7. The fraction of sp³-hybridized carbons (Fsp3) is 0. The molecule has 0 bridgehead atoms. The summed E-state index contributed by atoms with van der Waals surface area (Å²) in [7, 11) is 0. The lowest BCUT2D eigenvalue weighted by molar-refractivity contribution is 0.383. The highest BCUT2D eigenvalue weighted by Gasteiger charge is 2.22. The Kier molecular flexibility index (Phi) is 3.51. The fourth-order valence-electron chi connectivity index (χ4n) is 1.20. The number of aromatic nitrogens is 1. The second kappa shape index (κ2) is 4.93. The zero-order chi connectivity index (χ0) is 13.3. The van der Waals surface area contributed by atoms with Crippen LogP contribution < -0.4 is 0 Å². The average Bonchev–Trinajstić information content (AvgIpc) is 2.34. The van der Waals surface area contributed by atoms with Gasteiger partial charge in [0.15, 0.2) is 11.6 Å². The lowest BCUT2D eigenvalue weighted by Gasteiger charge is -2.06. The van der Waals surface area contributed by atoms with Crippen LogP contribution in [0.4, 0.5) is 22.0 Å². The van der Waals surface area contributed by atoms with Gasteiger partial charge in [0.05, 0.1) is 4.90 Å². The van der Waals surface area contributed by atoms with E-state index in [1.165, 1.54) is 18.2 Å². The molecule has 18 heavy (non-hydrogen) atoms. The molecule has 7 heteroatoms. The highest BCUT2D eigenvalue weighted by Crippen LogP contribution is 2.34. The molecule has 1 nitrogen and oxygen atoms in total. The third-order valence-electron chi connectivity index (χ3n) is 2.01. The average molecular weight is 277 g/mol. The lowest BCUT2D eigenvalue weighted by Crippen LogP contribution is -2.02. The predicted octanol–water partition coefficient (Wildman–Crippen LogP) is 3.93. The van der Waals surface area contributed by atoms with E-state index in [4.69, 9.17) is 0 Å². The molecule has 2 rings (SSSR count). The van der Waals surface area contributed by atoms with Gasteiger partial charge in [-0.2, -0.15) is 13.8 Å². The molecule has 0 radical (unpaired) electrons. The number of pyridine rings is 1. The van der Waals surface area contributed by atoms with Gasteiger partial charge in [0.1, 0.15) is 5.82 Å². The molecule has 2 aromatic rings. The molecule has 0 N–H and O–H groups in total. The van der Waals surface area contributed by atoms with Gasteiger partial charge in [-0.15, -0.1) is 0 Å². The molecule has 0 spiro atoms. The summed E-state index contributed by atoms with van der Waals surface area (Å²) in [6.07, 6.45) is 0. The van der Waals surface area contributed by atoms with Crippen LogP contribution in [0.25, 0.3) is 0 Å². The van der Waals surface area contributed by atoms with E-state index in [1.54, 1.807) is 0 Å². The van der Waals surface area contributed by atoms with E-state index in [-0.39, 0.29) is 16.7 Å². The molecule has 94 valence electrons. The van der Waals surface area contributed by atoms with Gasteiger partial charge in [-0.25, -0.2) is 13.2 Å². The van der Waals surface area contributed by atoms with Crippen LogP contribution >= 0.6 is 11.8 Å². The zero-order valence-corrected chi connectivity index (χ0v) is 9.37. The van der Waals surface area contributed by atoms with Crippen LogP contribution in [0, 0.1) is 29.3 Å². The summed E-state index contributed by atoms with van der Waals surface area (Å²) in [5, 5.41) is 0. The number of nitrogens with zero attached hydrogens (tertiary/aromatic N) is 1. The molecule has 0 unspecified atom stereocenters. The van der Waals surface area contributed by atoms with E-state index in [1.807, 2.05) is 0 Å². The molecule has 1 heterocycles. The Labute approximate surface area is 103 Å². The monoisotopic (exact) mass is 277 g/mol. The molecule has 0 atom stereocenters. The van der Waals surface area contributed by atoms with Gasteiger partial charge in [-0.05, 0) is 12.1 Å². The molecule has 1 aromatic heterocycles. The first-order chi connectivity index (χ1) is 8.50. The maximum Gasteiger partial charge on any atom is 0.252 e. The molecule has 0 amide bonds. The minimum atomic E-state index is -1.77. The number of hydrogen-bond acceptors (Lipinski definition) is 2. The second-order valence-corrected chi connectivity index (χ2v) is 4.24. The Morgan fingerprint density at radius 1 is 0.833 bits per heavy atom. The fourth-order valence-corrected chi connectivity index (χ4v) is 2.07. The van der Waals surface area contributed by atoms with E-state index in [0.29, 0.717) is 0 Å². The topological polar surface area (TPSA) is 12.9 Å². The van der Waals surface area contributed by atoms with Gasteiger partial charge >= 0.3 is 0 Å². The SMILES string of the molecule is Fc1ccccc1Sc1c(F)c(F)nc(F)c1F. The van der Waals surface area contributed by atoms with Crippen LogP contribution in [0.1, 0.15) is 0 Å². The van der Waals surface area contributed by atoms with E-state index in [2.05, 4.69) is 4.98 Å². The third-order valence-corrected chi connectivity index (χ3v) is 3.12. The molecular weight excluding hydrogens is 273 g/mol. The Morgan fingerprint density at radius 2 is 1.39 bits per heavy atom. The number of benzene rings is 1. The van der Waals surface area contributed by atoms with E-state index in [0.717, 1.165) is 6.07 Å². The first-order valence-electron chi connectivity index (χ1n) is 4.63. The van der Waals surface area contributed by atoms with Crippen molar-refractivity contribution in [3.05, 3.63) is 53.6 Å². The number of hydrogen-bond donors (Lipinski definition) is 0. The molecule has 0 saturated carbocycles. The molecule has 0 aliphatic heterocycles. The lowest BCUT2D eigenvalue weighted by atomic mass is 10.3. The van der Waals surface area contributed by atoms with Crippen molar-refractivity contribution in [3.63, 3.8) is 0 Å². The maximum absolute atomic E-state index is 13.3. The largest absolute Gasteiger partial charge is 0.252 e. The van der Waals surface area contributed by atoms with Crippen LogP contribution in [-0.2, 0) is 0 Å². The molecule has 0 fully saturated rings. The Hall–Kier alpha value is -1.63. The smallest absolute Gasteiger partial charge is 0.206 e. The molecule has 0 saturated heterocycles. The van der Waals surface area contributed by atoms with Gasteiger partial charge in [0.25, 0.3) is 11.9 Å². The number of halogens is 5. The van der Waals surface area contributed by atoms with Crippen molar-refractivity contribution >= 4 is 11.8 Å². The molecular formula is C11H4F5NS. The third kappa shape index (κ3) is 2.31. The van der Waals surface area contributed by atoms with Crippen molar-refractivity contribution in [1.82, 2.24) is 4.98 Å². The van der Waals surface area contributed by atoms with Crippen LogP contribution in [0.5, 0.6) is 0 Å². The molecule has 1 aromatic carbocycles. The quantitative estimate of drug-likeness (QED) is 0.609. The van der Waals surface area contributed by atoms with Crippen LogP contribution in [-0.4, -0.2) is 4.98 Å². The van der Waals surface area contributed by atoms with Crippen molar-refractivity contribution in [2.75, 3.05) is 0 Å². The second-order valence-electron chi connectivity index (χ2n) is 3.18. The van der Waals surface area contributed by atoms with Crippen molar-refractivity contribution in [2.45, 2.75) is 9.79 Å². The Balaban J connectivity index is 2.50. The standard InChI is InChI=1S/C11H4F5NS/c12-5-3-1-2-4-6(5)18-9-7(13)10(15)17-11(16)8(9)14/h1-4H. The van der Waals surface area contributed by atoms with Gasteiger partial charge in [0, 0.05) is 4.90 Å². The first-order valence-corrected chi connectivity index (χ1v) is 5.44. The predicted molar refractivity (Wildman–Crippen MR) is 54.6 cm³/mol. The molecule has 0 aliphatic rings. The van der Waals surface area contributed by atoms with Crippen LogP contribution in [0.15, 0.2) is 34.1 Å². The van der Waals surface area contributed by atoms with Gasteiger partial charge in [0.2, 0.25) is 0 Å². The van der Waals surface area contributed by atoms with Gasteiger partial charge in [-0.3, -0.25) is 0 Å². The maximum atomic E-state index is 13.3. The molecule has 0 aliphatic carbocycles. The van der Waals surface area contributed by atoms with Crippen molar-refractivity contribution < 1.29 is 22.0 Å². The summed E-state index contributed by atoms with van der Waals surface area (Å²) < 4.78 is 65.5. The summed E-state index contributed by atoms with van der Waals surface area (Å²) in [5.41, 5.74) is 0. The Bertz CT molecular complexity index is 576. The summed E-state index contributed by atoms with van der Waals surface area (Å²) in [6.45, 7) is 0. The van der Waals surface area contributed by atoms with Crippen LogP contribution in [0.2, 0.25) is 0 Å². The van der Waals surface area contributed by atoms with E-state index in [9.17, 15) is 22.0 Å². The summed E-state index contributed by atoms with van der Waals surface area (Å²) in [6, 6.07) is 5.09. The van der Waals surface area contributed by atoms with Gasteiger partial charge < -0.3 is 0 Å². The Morgan fingerprint density at radius 3 is 1.94 bits per heavy atom. The van der Waals surface area contributed by atoms with Crippen molar-refractivity contribution in [2.24, 2.45) is 0 Å². The van der Waals surface area contributed by atoms with E-state index < -0.39 is 34.2 Å². The van der Waals surface area contributed by atoms with Crippen LogP contribution in [0.3, 0.4) is 0 Å². The highest BCUT2D eigenvalue weighted by atomic mass is 32.2. The summed E-state index contributed by atoms with van der Waals surface area (Å²) >= 11 is 0.251.